The average Bonchev–Trinajstić information content (AvgIpc) is 3.00. The Hall–Kier alpha value is -2.21. The molecule has 110 valence electrons. The molecule has 6 nitrogen and oxygen atoms in total. The van der Waals surface area contributed by atoms with E-state index in [4.69, 9.17) is 4.42 Å². The Balaban J connectivity index is 1.76. The van der Waals surface area contributed by atoms with Gasteiger partial charge in [0, 0.05) is 24.2 Å². The second kappa shape index (κ2) is 5.29. The highest BCUT2D eigenvalue weighted by Crippen LogP contribution is 2.23. The monoisotopic (exact) mass is 287 g/mol. The van der Waals surface area contributed by atoms with Gasteiger partial charge in [-0.25, -0.2) is 0 Å². The molecule has 1 aliphatic heterocycles. The molecular weight excluding hydrogens is 270 g/mol. The van der Waals surface area contributed by atoms with Gasteiger partial charge in [0.15, 0.2) is 0 Å². The fourth-order valence-corrected chi connectivity index (χ4v) is 2.63. The van der Waals surface area contributed by atoms with Gasteiger partial charge in [0.1, 0.15) is 0 Å². The molecule has 0 aliphatic carbocycles. The molecule has 1 amide bonds. The summed E-state index contributed by atoms with van der Waals surface area (Å²) < 4.78 is 5.11. The van der Waals surface area contributed by atoms with Crippen molar-refractivity contribution in [2.24, 2.45) is 0 Å². The third-order valence-corrected chi connectivity index (χ3v) is 3.70. The molecule has 0 spiro atoms. The van der Waals surface area contributed by atoms with Crippen molar-refractivity contribution in [2.45, 2.75) is 25.4 Å². The first-order chi connectivity index (χ1) is 10.1. The third kappa shape index (κ3) is 2.95. The lowest BCUT2D eigenvalue weighted by molar-refractivity contribution is -0.0107. The molecule has 21 heavy (non-hydrogen) atoms. The normalized spacial score (nSPS) is 22.3. The summed E-state index contributed by atoms with van der Waals surface area (Å²) in [6.45, 7) is 2.82. The maximum atomic E-state index is 12.4. The van der Waals surface area contributed by atoms with E-state index in [0.717, 1.165) is 18.4 Å². The lowest BCUT2D eigenvalue weighted by atomic mass is 9.94. The van der Waals surface area contributed by atoms with Gasteiger partial charge in [0.05, 0.1) is 5.60 Å². The van der Waals surface area contributed by atoms with E-state index < -0.39 is 5.60 Å². The fourth-order valence-electron chi connectivity index (χ4n) is 2.63. The highest BCUT2D eigenvalue weighted by molar-refractivity contribution is 5.94. The predicted molar refractivity (Wildman–Crippen MR) is 75.5 cm³/mol. The summed E-state index contributed by atoms with van der Waals surface area (Å²) in [6.07, 6.45) is 2.82. The van der Waals surface area contributed by atoms with Crippen LogP contribution in [0.2, 0.25) is 0 Å². The number of β-amino-alcohol motifs (C(OH)–C–C–N with tert-alkyl or cyclic N) is 1. The SMILES string of the molecule is CC1(O)CCCN(C(=O)c2ccc(-c3nnco3)cc2)C1. The van der Waals surface area contributed by atoms with E-state index in [9.17, 15) is 9.90 Å². The van der Waals surface area contributed by atoms with Crippen molar-refractivity contribution in [3.05, 3.63) is 36.2 Å². The van der Waals surface area contributed by atoms with E-state index in [0.29, 0.717) is 24.5 Å². The van der Waals surface area contributed by atoms with Crippen LogP contribution in [-0.2, 0) is 0 Å². The summed E-state index contributed by atoms with van der Waals surface area (Å²) in [5, 5.41) is 17.5. The number of nitrogens with zero attached hydrogens (tertiary/aromatic N) is 3. The number of amides is 1. The van der Waals surface area contributed by atoms with Crippen molar-refractivity contribution in [1.82, 2.24) is 15.1 Å². The van der Waals surface area contributed by atoms with Gasteiger partial charge in [-0.05, 0) is 44.0 Å². The molecule has 1 aliphatic rings. The van der Waals surface area contributed by atoms with Crippen molar-refractivity contribution in [1.29, 1.82) is 0 Å². The molecule has 1 N–H and O–H groups in total. The molecule has 0 radical (unpaired) electrons. The maximum absolute atomic E-state index is 12.4. The molecule has 2 aromatic rings. The van der Waals surface area contributed by atoms with Gasteiger partial charge in [-0.2, -0.15) is 0 Å². The Labute approximate surface area is 122 Å². The quantitative estimate of drug-likeness (QED) is 0.909. The number of benzene rings is 1. The average molecular weight is 287 g/mol. The minimum atomic E-state index is -0.794. The van der Waals surface area contributed by atoms with Crippen LogP contribution in [0.3, 0.4) is 0 Å². The van der Waals surface area contributed by atoms with E-state index in [1.165, 1.54) is 6.39 Å². The molecule has 1 unspecified atom stereocenters. The highest BCUT2D eigenvalue weighted by Gasteiger charge is 2.31. The van der Waals surface area contributed by atoms with Gasteiger partial charge in [-0.1, -0.05) is 0 Å². The van der Waals surface area contributed by atoms with Crippen LogP contribution in [0.5, 0.6) is 0 Å². The topological polar surface area (TPSA) is 79.5 Å². The zero-order valence-electron chi connectivity index (χ0n) is 11.8. The van der Waals surface area contributed by atoms with Gasteiger partial charge in [0.25, 0.3) is 5.91 Å². The van der Waals surface area contributed by atoms with Crippen LogP contribution >= 0.6 is 0 Å². The number of carbonyl (C=O) groups excluding carboxylic acids is 1. The van der Waals surface area contributed by atoms with Gasteiger partial charge < -0.3 is 14.4 Å². The number of piperidine rings is 1. The molecule has 1 aromatic carbocycles. The summed E-state index contributed by atoms with van der Waals surface area (Å²) in [6, 6.07) is 7.04. The van der Waals surface area contributed by atoms with Crippen LogP contribution in [0, 0.1) is 0 Å². The molecule has 1 aromatic heterocycles. The summed E-state index contributed by atoms with van der Waals surface area (Å²) in [7, 11) is 0. The van der Waals surface area contributed by atoms with Gasteiger partial charge >= 0.3 is 0 Å². The smallest absolute Gasteiger partial charge is 0.253 e. The molecular formula is C15H17N3O3. The van der Waals surface area contributed by atoms with Crippen molar-refractivity contribution in [3.8, 4) is 11.5 Å². The van der Waals surface area contributed by atoms with Crippen LogP contribution in [0.25, 0.3) is 11.5 Å². The summed E-state index contributed by atoms with van der Waals surface area (Å²) >= 11 is 0. The van der Waals surface area contributed by atoms with Crippen LogP contribution in [0.1, 0.15) is 30.1 Å². The molecule has 0 saturated carbocycles. The Kier molecular flexibility index (Phi) is 3.47. The summed E-state index contributed by atoms with van der Waals surface area (Å²) in [5.41, 5.74) is 0.572. The predicted octanol–water partition coefficient (Wildman–Crippen LogP) is 1.72. The molecule has 0 bridgehead atoms. The number of rotatable bonds is 2. The highest BCUT2D eigenvalue weighted by atomic mass is 16.4. The molecule has 1 atom stereocenters. The first-order valence-corrected chi connectivity index (χ1v) is 6.93. The van der Waals surface area contributed by atoms with Crippen LogP contribution < -0.4 is 0 Å². The molecule has 3 rings (SSSR count). The summed E-state index contributed by atoms with van der Waals surface area (Å²) in [4.78, 5) is 14.1. The molecule has 6 heteroatoms. The van der Waals surface area contributed by atoms with Gasteiger partial charge in [-0.3, -0.25) is 4.79 Å². The van der Waals surface area contributed by atoms with E-state index in [-0.39, 0.29) is 5.91 Å². The third-order valence-electron chi connectivity index (χ3n) is 3.70. The van der Waals surface area contributed by atoms with E-state index in [1.807, 2.05) is 0 Å². The first-order valence-electron chi connectivity index (χ1n) is 6.93. The lowest BCUT2D eigenvalue weighted by Gasteiger charge is -2.36. The number of carbonyl (C=O) groups is 1. The minimum absolute atomic E-state index is 0.0629. The van der Waals surface area contributed by atoms with Crippen molar-refractivity contribution in [3.63, 3.8) is 0 Å². The Morgan fingerprint density at radius 3 is 2.76 bits per heavy atom. The van der Waals surface area contributed by atoms with Crippen molar-refractivity contribution in [2.75, 3.05) is 13.1 Å². The second-order valence-electron chi connectivity index (χ2n) is 5.65. The Bertz CT molecular complexity index is 620. The molecule has 2 heterocycles. The van der Waals surface area contributed by atoms with Crippen LogP contribution in [0.15, 0.2) is 35.1 Å². The van der Waals surface area contributed by atoms with E-state index >= 15 is 0 Å². The standard InChI is InChI=1S/C15H17N3O3/c1-15(20)7-2-8-18(9-15)14(19)12-5-3-11(4-6-12)13-17-16-10-21-13/h3-6,10,20H,2,7-9H2,1H3. The second-order valence-corrected chi connectivity index (χ2v) is 5.65. The number of aliphatic hydroxyl groups is 1. The van der Waals surface area contributed by atoms with Crippen molar-refractivity contribution < 1.29 is 14.3 Å². The maximum Gasteiger partial charge on any atom is 0.253 e. The zero-order valence-corrected chi connectivity index (χ0v) is 11.8. The van der Waals surface area contributed by atoms with Gasteiger partial charge in [0.2, 0.25) is 12.3 Å². The van der Waals surface area contributed by atoms with Gasteiger partial charge in [-0.15, -0.1) is 10.2 Å². The number of aromatic nitrogens is 2. The van der Waals surface area contributed by atoms with Crippen LogP contribution in [0.4, 0.5) is 0 Å². The largest absolute Gasteiger partial charge is 0.423 e. The summed E-state index contributed by atoms with van der Waals surface area (Å²) in [5.74, 6) is 0.363. The number of hydrogen-bond donors (Lipinski definition) is 1. The Morgan fingerprint density at radius 2 is 2.14 bits per heavy atom. The van der Waals surface area contributed by atoms with E-state index in [2.05, 4.69) is 10.2 Å². The fraction of sp³-hybridized carbons (Fsp3) is 0.400. The minimum Gasteiger partial charge on any atom is -0.423 e. The Morgan fingerprint density at radius 1 is 1.38 bits per heavy atom. The molecule has 1 saturated heterocycles. The molecule has 1 fully saturated rings. The lowest BCUT2D eigenvalue weighted by Crippen LogP contribution is -2.48. The zero-order chi connectivity index (χ0) is 14.9. The van der Waals surface area contributed by atoms with Crippen LogP contribution in [-0.4, -0.2) is 44.8 Å². The van der Waals surface area contributed by atoms with Crippen molar-refractivity contribution >= 4 is 5.91 Å². The first kappa shape index (κ1) is 13.8. The number of hydrogen-bond acceptors (Lipinski definition) is 5. The number of likely N-dealkylation sites (tertiary alicyclic amines) is 1. The van der Waals surface area contributed by atoms with E-state index in [1.54, 1.807) is 36.1 Å².